The number of aromatic nitrogens is 2. The molecule has 2 aromatic carbocycles. The Hall–Kier alpha value is -3.41. The number of amides is 1. The van der Waals surface area contributed by atoms with Crippen LogP contribution in [-0.4, -0.2) is 21.9 Å². The van der Waals surface area contributed by atoms with Gasteiger partial charge >= 0.3 is 0 Å². The van der Waals surface area contributed by atoms with Crippen LogP contribution in [0.3, 0.4) is 0 Å². The summed E-state index contributed by atoms with van der Waals surface area (Å²) in [5.41, 5.74) is 5.63. The zero-order valence-electron chi connectivity index (χ0n) is 14.0. The van der Waals surface area contributed by atoms with Crippen molar-refractivity contribution in [3.8, 4) is 5.69 Å². The number of nitrogens with one attached hydrogen (secondary N) is 2. The molecule has 2 N–H and O–H groups in total. The highest BCUT2D eigenvalue weighted by Crippen LogP contribution is 2.08. The summed E-state index contributed by atoms with van der Waals surface area (Å²) in [6.07, 6.45) is 1.36. The zero-order chi connectivity index (χ0) is 17.8. The summed E-state index contributed by atoms with van der Waals surface area (Å²) in [6, 6.07) is 16.4. The normalized spacial score (nSPS) is 11.0. The number of rotatable bonds is 4. The molecular weight excluding hydrogens is 316 g/mol. The zero-order valence-corrected chi connectivity index (χ0v) is 14.0. The average Bonchev–Trinajstić information content (AvgIpc) is 2.91. The van der Waals surface area contributed by atoms with Gasteiger partial charge in [-0.1, -0.05) is 35.9 Å². The number of nitrogens with zero attached hydrogens (tertiary/aromatic N) is 2. The number of H-pyrrole nitrogens is 1. The molecular formula is C19H18N4O2. The van der Waals surface area contributed by atoms with Crippen LogP contribution in [0.5, 0.6) is 0 Å². The fraction of sp³-hybridized carbons (Fsp3) is 0.105. The monoisotopic (exact) mass is 334 g/mol. The summed E-state index contributed by atoms with van der Waals surface area (Å²) in [6.45, 7) is 3.77. The molecule has 1 amide bonds. The van der Waals surface area contributed by atoms with Crippen LogP contribution < -0.4 is 11.0 Å². The van der Waals surface area contributed by atoms with E-state index in [1.807, 2.05) is 37.3 Å². The van der Waals surface area contributed by atoms with Crippen LogP contribution in [0.2, 0.25) is 0 Å². The standard InChI is InChI=1S/C19H18N4O2/c1-13-8-10-16(11-9-13)23-19(25)17(14(2)22-23)12-20-21-18(24)15-6-4-3-5-7-15/h3-12,22H,1-2H3,(H,21,24)/b20-12+. The first-order chi connectivity index (χ1) is 12.1. The van der Waals surface area contributed by atoms with E-state index in [4.69, 9.17) is 0 Å². The Bertz CT molecular complexity index is 967. The quantitative estimate of drug-likeness (QED) is 0.568. The molecule has 0 unspecified atom stereocenters. The summed E-state index contributed by atoms with van der Waals surface area (Å²) in [5.74, 6) is -0.330. The minimum Gasteiger partial charge on any atom is -0.295 e. The number of carbonyl (C=O) groups excluding carboxylic acids is 1. The van der Waals surface area contributed by atoms with Crippen molar-refractivity contribution in [3.63, 3.8) is 0 Å². The second kappa shape index (κ2) is 7.00. The SMILES string of the molecule is Cc1ccc(-n2[nH]c(C)c(/C=N/NC(=O)c3ccccc3)c2=O)cc1. The predicted molar refractivity (Wildman–Crippen MR) is 97.4 cm³/mol. The summed E-state index contributed by atoms with van der Waals surface area (Å²) in [5, 5.41) is 6.92. The van der Waals surface area contributed by atoms with Gasteiger partial charge in [0.05, 0.1) is 17.5 Å². The molecule has 3 aromatic rings. The number of carbonyl (C=O) groups is 1. The van der Waals surface area contributed by atoms with Gasteiger partial charge in [-0.3, -0.25) is 14.7 Å². The van der Waals surface area contributed by atoms with E-state index in [1.165, 1.54) is 10.9 Å². The van der Waals surface area contributed by atoms with Gasteiger partial charge in [0, 0.05) is 11.3 Å². The fourth-order valence-corrected chi connectivity index (χ4v) is 2.40. The van der Waals surface area contributed by atoms with Gasteiger partial charge in [0.25, 0.3) is 11.5 Å². The van der Waals surface area contributed by atoms with E-state index in [-0.39, 0.29) is 11.5 Å². The van der Waals surface area contributed by atoms with Crippen molar-refractivity contribution in [2.45, 2.75) is 13.8 Å². The minimum atomic E-state index is -0.330. The number of aryl methyl sites for hydroxylation is 2. The van der Waals surface area contributed by atoms with Gasteiger partial charge < -0.3 is 0 Å². The van der Waals surface area contributed by atoms with E-state index in [9.17, 15) is 9.59 Å². The maximum Gasteiger partial charge on any atom is 0.280 e. The van der Waals surface area contributed by atoms with Gasteiger partial charge in [-0.15, -0.1) is 0 Å². The lowest BCUT2D eigenvalue weighted by molar-refractivity contribution is 0.0955. The van der Waals surface area contributed by atoms with Crippen LogP contribution in [-0.2, 0) is 0 Å². The first-order valence-electron chi connectivity index (χ1n) is 7.83. The summed E-state index contributed by atoms with van der Waals surface area (Å²) >= 11 is 0. The Morgan fingerprint density at radius 2 is 1.76 bits per heavy atom. The molecule has 0 bridgehead atoms. The highest BCUT2D eigenvalue weighted by molar-refractivity contribution is 5.94. The maximum atomic E-state index is 12.5. The van der Waals surface area contributed by atoms with Gasteiger partial charge in [0.15, 0.2) is 0 Å². The average molecular weight is 334 g/mol. The van der Waals surface area contributed by atoms with E-state index < -0.39 is 0 Å². The van der Waals surface area contributed by atoms with Crippen LogP contribution >= 0.6 is 0 Å². The lowest BCUT2D eigenvalue weighted by atomic mass is 10.2. The van der Waals surface area contributed by atoms with Crippen molar-refractivity contribution in [2.24, 2.45) is 5.10 Å². The van der Waals surface area contributed by atoms with Crippen LogP contribution in [0, 0.1) is 13.8 Å². The van der Waals surface area contributed by atoms with Crippen molar-refractivity contribution in [1.82, 2.24) is 15.2 Å². The Balaban J connectivity index is 1.80. The van der Waals surface area contributed by atoms with E-state index in [0.29, 0.717) is 16.8 Å². The van der Waals surface area contributed by atoms with E-state index in [0.717, 1.165) is 11.3 Å². The lowest BCUT2D eigenvalue weighted by Crippen LogP contribution is -2.20. The van der Waals surface area contributed by atoms with Crippen LogP contribution in [0.25, 0.3) is 5.69 Å². The number of benzene rings is 2. The minimum absolute atomic E-state index is 0.223. The van der Waals surface area contributed by atoms with Crippen molar-refractivity contribution in [3.05, 3.63) is 87.3 Å². The van der Waals surface area contributed by atoms with Crippen LogP contribution in [0.1, 0.15) is 27.2 Å². The second-order valence-corrected chi connectivity index (χ2v) is 5.69. The van der Waals surface area contributed by atoms with E-state index >= 15 is 0 Å². The van der Waals surface area contributed by atoms with Crippen molar-refractivity contribution in [2.75, 3.05) is 0 Å². The number of hydrogen-bond donors (Lipinski definition) is 2. The van der Waals surface area contributed by atoms with Crippen molar-refractivity contribution >= 4 is 12.1 Å². The molecule has 1 aromatic heterocycles. The van der Waals surface area contributed by atoms with Gasteiger partial charge in [-0.25, -0.2) is 10.1 Å². The number of hydrogen-bond acceptors (Lipinski definition) is 3. The van der Waals surface area contributed by atoms with Crippen LogP contribution in [0.15, 0.2) is 64.5 Å². The third-order valence-corrected chi connectivity index (χ3v) is 3.80. The predicted octanol–water partition coefficient (Wildman–Crippen LogP) is 2.55. The second-order valence-electron chi connectivity index (χ2n) is 5.69. The van der Waals surface area contributed by atoms with E-state index in [1.54, 1.807) is 31.2 Å². The Labute approximate surface area is 144 Å². The molecule has 126 valence electrons. The molecule has 6 heteroatoms. The summed E-state index contributed by atoms with van der Waals surface area (Å²) in [7, 11) is 0. The number of aromatic amines is 1. The van der Waals surface area contributed by atoms with Gasteiger partial charge in [0.1, 0.15) is 0 Å². The lowest BCUT2D eigenvalue weighted by Gasteiger charge is -2.01. The first kappa shape index (κ1) is 16.4. The molecule has 25 heavy (non-hydrogen) atoms. The Morgan fingerprint density at radius 1 is 1.08 bits per heavy atom. The summed E-state index contributed by atoms with van der Waals surface area (Å²) < 4.78 is 1.45. The molecule has 1 heterocycles. The topological polar surface area (TPSA) is 79.2 Å². The molecule has 0 atom stereocenters. The van der Waals surface area contributed by atoms with Crippen LogP contribution in [0.4, 0.5) is 0 Å². The molecule has 0 radical (unpaired) electrons. The molecule has 0 saturated carbocycles. The largest absolute Gasteiger partial charge is 0.295 e. The molecule has 0 aliphatic heterocycles. The highest BCUT2D eigenvalue weighted by atomic mass is 16.2. The Morgan fingerprint density at radius 3 is 2.44 bits per heavy atom. The fourth-order valence-electron chi connectivity index (χ4n) is 2.40. The molecule has 0 fully saturated rings. The van der Waals surface area contributed by atoms with Gasteiger partial charge in [-0.05, 0) is 38.1 Å². The maximum absolute atomic E-state index is 12.5. The van der Waals surface area contributed by atoms with Crippen molar-refractivity contribution in [1.29, 1.82) is 0 Å². The van der Waals surface area contributed by atoms with Gasteiger partial charge in [0.2, 0.25) is 0 Å². The molecule has 0 aliphatic rings. The summed E-state index contributed by atoms with van der Waals surface area (Å²) in [4.78, 5) is 24.5. The Kier molecular flexibility index (Phi) is 4.61. The number of hydrazone groups is 1. The van der Waals surface area contributed by atoms with Gasteiger partial charge in [-0.2, -0.15) is 5.10 Å². The smallest absolute Gasteiger partial charge is 0.280 e. The molecule has 0 saturated heterocycles. The van der Waals surface area contributed by atoms with Crippen molar-refractivity contribution < 1.29 is 4.79 Å². The third kappa shape index (κ3) is 3.58. The molecule has 0 aliphatic carbocycles. The molecule has 0 spiro atoms. The highest BCUT2D eigenvalue weighted by Gasteiger charge is 2.11. The molecule has 6 nitrogen and oxygen atoms in total. The third-order valence-electron chi connectivity index (χ3n) is 3.80. The molecule has 3 rings (SSSR count). The van der Waals surface area contributed by atoms with E-state index in [2.05, 4.69) is 15.6 Å². The first-order valence-corrected chi connectivity index (χ1v) is 7.83.